The molecule has 2 rings (SSSR count). The third-order valence-electron chi connectivity index (χ3n) is 3.16. The Bertz CT molecular complexity index is 442. The number of piperazine rings is 1. The number of ether oxygens (including phenoxy) is 1. The zero-order valence-corrected chi connectivity index (χ0v) is 11.0. The molecule has 0 amide bonds. The molecule has 1 aliphatic rings. The van der Waals surface area contributed by atoms with E-state index >= 15 is 0 Å². The molecule has 0 N–H and O–H groups in total. The number of nitrogens with zero attached hydrogens (tertiary/aromatic N) is 4. The van der Waals surface area contributed by atoms with Crippen LogP contribution in [-0.4, -0.2) is 61.2 Å². The van der Waals surface area contributed by atoms with E-state index in [1.54, 1.807) is 13.1 Å². The lowest BCUT2D eigenvalue weighted by atomic mass is 10.2. The molecule has 1 aromatic rings. The fourth-order valence-electron chi connectivity index (χ4n) is 1.92. The van der Waals surface area contributed by atoms with Crippen molar-refractivity contribution >= 4 is 11.9 Å². The molecule has 0 bridgehead atoms. The molecule has 0 aromatic carbocycles. The van der Waals surface area contributed by atoms with Crippen LogP contribution in [0, 0.1) is 6.92 Å². The minimum Gasteiger partial charge on any atom is -0.465 e. The summed E-state index contributed by atoms with van der Waals surface area (Å²) >= 11 is 0. The number of likely N-dealkylation sites (N-methyl/N-ethyl adjacent to an activating group) is 1. The third kappa shape index (κ3) is 2.59. The second-order valence-electron chi connectivity index (χ2n) is 4.45. The van der Waals surface area contributed by atoms with Gasteiger partial charge in [0, 0.05) is 32.4 Å². The summed E-state index contributed by atoms with van der Waals surface area (Å²) < 4.78 is 4.68. The van der Waals surface area contributed by atoms with Crippen LogP contribution in [0.5, 0.6) is 0 Å². The van der Waals surface area contributed by atoms with E-state index in [0.717, 1.165) is 26.2 Å². The molecule has 0 aliphatic carbocycles. The van der Waals surface area contributed by atoms with Gasteiger partial charge in [-0.3, -0.25) is 0 Å². The summed E-state index contributed by atoms with van der Waals surface area (Å²) in [7, 11) is 3.46. The second-order valence-corrected chi connectivity index (χ2v) is 4.45. The van der Waals surface area contributed by atoms with E-state index in [1.807, 2.05) is 0 Å². The van der Waals surface area contributed by atoms with Gasteiger partial charge in [0.1, 0.15) is 0 Å². The highest BCUT2D eigenvalue weighted by Crippen LogP contribution is 2.13. The number of hydrogen-bond acceptors (Lipinski definition) is 6. The summed E-state index contributed by atoms with van der Waals surface area (Å²) in [5.74, 6) is 0.297. The fraction of sp³-hybridized carbons (Fsp3) is 0.583. The topological polar surface area (TPSA) is 58.6 Å². The Morgan fingerprint density at radius 3 is 2.56 bits per heavy atom. The van der Waals surface area contributed by atoms with Crippen molar-refractivity contribution in [1.82, 2.24) is 14.9 Å². The lowest BCUT2D eigenvalue weighted by molar-refractivity contribution is 0.0599. The largest absolute Gasteiger partial charge is 0.465 e. The highest BCUT2D eigenvalue weighted by atomic mass is 16.5. The fourth-order valence-corrected chi connectivity index (χ4v) is 1.92. The van der Waals surface area contributed by atoms with Gasteiger partial charge in [0.05, 0.1) is 18.4 Å². The number of esters is 1. The molecule has 0 atom stereocenters. The molecule has 0 saturated carbocycles. The maximum absolute atomic E-state index is 11.4. The number of carbonyl (C=O) groups is 1. The molecule has 0 spiro atoms. The Hall–Kier alpha value is -1.69. The normalized spacial score (nSPS) is 16.7. The highest BCUT2D eigenvalue weighted by molar-refractivity contribution is 5.90. The minimum atomic E-state index is -0.391. The average Bonchev–Trinajstić information content (AvgIpc) is 2.38. The summed E-state index contributed by atoms with van der Waals surface area (Å²) in [4.78, 5) is 24.5. The van der Waals surface area contributed by atoms with Crippen LogP contribution in [-0.2, 0) is 4.74 Å². The van der Waals surface area contributed by atoms with Crippen molar-refractivity contribution in [3.8, 4) is 0 Å². The smallest absolute Gasteiger partial charge is 0.341 e. The first-order valence-corrected chi connectivity index (χ1v) is 5.97. The highest BCUT2D eigenvalue weighted by Gasteiger charge is 2.18. The first-order chi connectivity index (χ1) is 8.61. The van der Waals surface area contributed by atoms with Gasteiger partial charge in [0.25, 0.3) is 0 Å². The molecule has 2 heterocycles. The molecular formula is C12H18N4O2. The molecular weight excluding hydrogens is 232 g/mol. The average molecular weight is 250 g/mol. The van der Waals surface area contributed by atoms with E-state index in [1.165, 1.54) is 7.11 Å². The summed E-state index contributed by atoms with van der Waals surface area (Å²) in [6, 6.07) is 0. The van der Waals surface area contributed by atoms with E-state index in [0.29, 0.717) is 17.2 Å². The summed E-state index contributed by atoms with van der Waals surface area (Å²) in [5, 5.41) is 0. The van der Waals surface area contributed by atoms with Crippen LogP contribution in [0.15, 0.2) is 6.20 Å². The minimum absolute atomic E-state index is 0.391. The zero-order chi connectivity index (χ0) is 13.1. The molecule has 98 valence electrons. The van der Waals surface area contributed by atoms with Crippen LogP contribution in [0.4, 0.5) is 5.95 Å². The number of aryl methyl sites for hydroxylation is 1. The van der Waals surface area contributed by atoms with E-state index in [-0.39, 0.29) is 0 Å². The van der Waals surface area contributed by atoms with Gasteiger partial charge in [0.2, 0.25) is 5.95 Å². The van der Waals surface area contributed by atoms with Crippen molar-refractivity contribution in [2.24, 2.45) is 0 Å². The van der Waals surface area contributed by atoms with E-state index in [9.17, 15) is 4.79 Å². The van der Waals surface area contributed by atoms with Gasteiger partial charge in [-0.15, -0.1) is 0 Å². The molecule has 6 heteroatoms. The van der Waals surface area contributed by atoms with Crippen LogP contribution >= 0.6 is 0 Å². The molecule has 1 saturated heterocycles. The van der Waals surface area contributed by atoms with Crippen molar-refractivity contribution in [3.63, 3.8) is 0 Å². The maximum atomic E-state index is 11.4. The molecule has 18 heavy (non-hydrogen) atoms. The second kappa shape index (κ2) is 5.30. The summed E-state index contributed by atoms with van der Waals surface area (Å²) in [6.45, 7) is 5.62. The van der Waals surface area contributed by atoms with Crippen LogP contribution in [0.25, 0.3) is 0 Å². The van der Waals surface area contributed by atoms with Crippen LogP contribution in [0.1, 0.15) is 16.1 Å². The zero-order valence-electron chi connectivity index (χ0n) is 11.0. The molecule has 0 radical (unpaired) electrons. The van der Waals surface area contributed by atoms with Crippen molar-refractivity contribution < 1.29 is 9.53 Å². The summed E-state index contributed by atoms with van der Waals surface area (Å²) in [6.07, 6.45) is 1.54. The Morgan fingerprint density at radius 1 is 1.33 bits per heavy atom. The Kier molecular flexibility index (Phi) is 3.76. The van der Waals surface area contributed by atoms with Crippen molar-refractivity contribution in [1.29, 1.82) is 0 Å². The van der Waals surface area contributed by atoms with Crippen molar-refractivity contribution in [2.45, 2.75) is 6.92 Å². The monoisotopic (exact) mass is 250 g/mol. The van der Waals surface area contributed by atoms with Crippen LogP contribution in [0.3, 0.4) is 0 Å². The number of hydrogen-bond donors (Lipinski definition) is 0. The first kappa shape index (κ1) is 12.8. The van der Waals surface area contributed by atoms with Crippen LogP contribution < -0.4 is 4.90 Å². The van der Waals surface area contributed by atoms with E-state index < -0.39 is 5.97 Å². The third-order valence-corrected chi connectivity index (χ3v) is 3.16. The molecule has 1 fully saturated rings. The quantitative estimate of drug-likeness (QED) is 0.705. The number of carbonyl (C=O) groups excluding carboxylic acids is 1. The molecule has 1 aromatic heterocycles. The Labute approximate surface area is 107 Å². The van der Waals surface area contributed by atoms with Gasteiger partial charge in [-0.1, -0.05) is 0 Å². The number of methoxy groups -OCH3 is 1. The molecule has 0 unspecified atom stereocenters. The van der Waals surface area contributed by atoms with E-state index in [4.69, 9.17) is 0 Å². The predicted molar refractivity (Wildman–Crippen MR) is 67.8 cm³/mol. The van der Waals surface area contributed by atoms with E-state index in [2.05, 4.69) is 31.6 Å². The van der Waals surface area contributed by atoms with Gasteiger partial charge in [-0.2, -0.15) is 0 Å². The van der Waals surface area contributed by atoms with Crippen molar-refractivity contribution in [2.75, 3.05) is 45.2 Å². The Morgan fingerprint density at radius 2 is 2.00 bits per heavy atom. The predicted octanol–water partition coefficient (Wildman–Crippen LogP) is 0.323. The summed E-state index contributed by atoms with van der Waals surface area (Å²) in [5.41, 5.74) is 1.08. The van der Waals surface area contributed by atoms with Gasteiger partial charge in [-0.25, -0.2) is 14.8 Å². The Balaban J connectivity index is 2.16. The standard InChI is InChI=1S/C12H18N4O2/c1-9-10(11(17)18-3)8-13-12(14-9)16-6-4-15(2)5-7-16/h8H,4-7H2,1-3H3. The van der Waals surface area contributed by atoms with Crippen molar-refractivity contribution in [3.05, 3.63) is 17.5 Å². The first-order valence-electron chi connectivity index (χ1n) is 5.97. The lowest BCUT2D eigenvalue weighted by Gasteiger charge is -2.32. The van der Waals surface area contributed by atoms with Gasteiger partial charge < -0.3 is 14.5 Å². The maximum Gasteiger partial charge on any atom is 0.341 e. The molecule has 1 aliphatic heterocycles. The number of anilines is 1. The number of rotatable bonds is 2. The van der Waals surface area contributed by atoms with Gasteiger partial charge in [0.15, 0.2) is 0 Å². The SMILES string of the molecule is COC(=O)c1cnc(N2CCN(C)CC2)nc1C. The lowest BCUT2D eigenvalue weighted by Crippen LogP contribution is -2.45. The van der Waals surface area contributed by atoms with Gasteiger partial charge >= 0.3 is 5.97 Å². The van der Waals surface area contributed by atoms with Gasteiger partial charge in [-0.05, 0) is 14.0 Å². The molecule has 6 nitrogen and oxygen atoms in total. The van der Waals surface area contributed by atoms with Crippen LogP contribution in [0.2, 0.25) is 0 Å². The number of aromatic nitrogens is 2.